The van der Waals surface area contributed by atoms with Crippen molar-refractivity contribution in [1.82, 2.24) is 24.6 Å². The number of hydrogen-bond acceptors (Lipinski definition) is 3. The van der Waals surface area contributed by atoms with Gasteiger partial charge in [-0.25, -0.2) is 0 Å². The average Bonchev–Trinajstić information content (AvgIpc) is 2.89. The molecule has 1 atom stereocenters. The van der Waals surface area contributed by atoms with Gasteiger partial charge < -0.3 is 19.7 Å². The molecule has 150 valence electrons. The van der Waals surface area contributed by atoms with E-state index in [1.54, 1.807) is 0 Å². The van der Waals surface area contributed by atoms with Gasteiger partial charge >= 0.3 is 0 Å². The summed E-state index contributed by atoms with van der Waals surface area (Å²) in [6.07, 6.45) is 1.93. The van der Waals surface area contributed by atoms with Crippen molar-refractivity contribution in [1.29, 1.82) is 0 Å². The Bertz CT molecular complexity index is 568. The first-order valence-corrected chi connectivity index (χ1v) is 9.51. The van der Waals surface area contributed by atoms with Crippen molar-refractivity contribution >= 4 is 41.5 Å². The molecule has 8 heteroatoms. The number of guanidine groups is 1. The fraction of sp³-hybridized carbons (Fsp3) is 0.722. The number of rotatable bonds is 6. The van der Waals surface area contributed by atoms with Gasteiger partial charge in [-0.3, -0.25) is 9.89 Å². The highest BCUT2D eigenvalue weighted by Crippen LogP contribution is 2.14. The van der Waals surface area contributed by atoms with Gasteiger partial charge in [-0.05, 0) is 27.0 Å². The molecule has 0 spiro atoms. The Morgan fingerprint density at radius 1 is 1.31 bits per heavy atom. The third-order valence-corrected chi connectivity index (χ3v) is 5.04. The van der Waals surface area contributed by atoms with Crippen LogP contribution in [0.1, 0.15) is 19.5 Å². The van der Waals surface area contributed by atoms with Crippen LogP contribution in [0.3, 0.4) is 0 Å². The van der Waals surface area contributed by atoms with Crippen LogP contribution in [0.15, 0.2) is 17.3 Å². The molecule has 1 aliphatic heterocycles. The van der Waals surface area contributed by atoms with Crippen LogP contribution in [0.25, 0.3) is 0 Å². The summed E-state index contributed by atoms with van der Waals surface area (Å²) in [7, 11) is 6.28. The molecule has 6 nitrogen and oxygen atoms in total. The first-order chi connectivity index (χ1) is 11.9. The molecule has 0 amide bonds. The van der Waals surface area contributed by atoms with Gasteiger partial charge in [0, 0.05) is 64.8 Å². The zero-order valence-corrected chi connectivity index (χ0v) is 19.8. The van der Waals surface area contributed by atoms with Crippen molar-refractivity contribution in [3.05, 3.63) is 23.0 Å². The lowest BCUT2D eigenvalue weighted by molar-refractivity contribution is 0.122. The molecule has 1 aliphatic rings. The van der Waals surface area contributed by atoms with E-state index in [-0.39, 0.29) is 24.0 Å². The minimum Gasteiger partial charge on any atom is -0.357 e. The van der Waals surface area contributed by atoms with E-state index >= 15 is 0 Å². The maximum Gasteiger partial charge on any atom is 0.194 e. The highest BCUT2D eigenvalue weighted by molar-refractivity contribution is 14.0. The minimum atomic E-state index is 0. The number of nitrogens with zero attached hydrogens (tertiary/aromatic N) is 5. The van der Waals surface area contributed by atoms with Gasteiger partial charge in [-0.2, -0.15) is 0 Å². The van der Waals surface area contributed by atoms with Gasteiger partial charge in [0.05, 0.1) is 18.1 Å². The summed E-state index contributed by atoms with van der Waals surface area (Å²) in [5.74, 6) is 0.945. The van der Waals surface area contributed by atoms with E-state index in [4.69, 9.17) is 16.6 Å². The SMILES string of the molecule is CCNC(=NCC(C)N1CCN(C)CC1)N(C)Cc1cc(Cl)cn1C.I. The number of nitrogens with one attached hydrogen (secondary N) is 1. The molecule has 26 heavy (non-hydrogen) atoms. The van der Waals surface area contributed by atoms with Crippen LogP contribution < -0.4 is 5.32 Å². The molecule has 2 heterocycles. The molecule has 0 aromatic carbocycles. The zero-order chi connectivity index (χ0) is 18.4. The monoisotopic (exact) mass is 496 g/mol. The third-order valence-electron chi connectivity index (χ3n) is 4.84. The topological polar surface area (TPSA) is 39.0 Å². The van der Waals surface area contributed by atoms with E-state index in [9.17, 15) is 0 Å². The van der Waals surface area contributed by atoms with E-state index in [0.717, 1.165) is 56.8 Å². The number of aliphatic imine (C=N–C) groups is 1. The Kier molecular flexibility index (Phi) is 10.3. The van der Waals surface area contributed by atoms with Crippen LogP contribution in [0.4, 0.5) is 0 Å². The number of piperazine rings is 1. The maximum absolute atomic E-state index is 6.09. The normalized spacial score (nSPS) is 17.7. The van der Waals surface area contributed by atoms with E-state index in [0.29, 0.717) is 6.04 Å². The highest BCUT2D eigenvalue weighted by atomic mass is 127. The molecule has 1 saturated heterocycles. The zero-order valence-electron chi connectivity index (χ0n) is 16.7. The lowest BCUT2D eigenvalue weighted by atomic mass is 10.2. The molecule has 0 aliphatic carbocycles. The van der Waals surface area contributed by atoms with Crippen molar-refractivity contribution in [3.8, 4) is 0 Å². The summed E-state index contributed by atoms with van der Waals surface area (Å²) in [6, 6.07) is 2.47. The van der Waals surface area contributed by atoms with Crippen molar-refractivity contribution in [2.75, 3.05) is 53.4 Å². The molecular formula is C18H34ClIN6. The summed E-state index contributed by atoms with van der Waals surface area (Å²) >= 11 is 6.09. The molecular weight excluding hydrogens is 463 g/mol. The Morgan fingerprint density at radius 3 is 2.50 bits per heavy atom. The Morgan fingerprint density at radius 2 is 1.96 bits per heavy atom. The summed E-state index contributed by atoms with van der Waals surface area (Å²) in [5.41, 5.74) is 1.17. The summed E-state index contributed by atoms with van der Waals surface area (Å²) in [4.78, 5) is 11.9. The number of hydrogen-bond donors (Lipinski definition) is 1. The van der Waals surface area contributed by atoms with E-state index in [1.807, 2.05) is 19.3 Å². The predicted octanol–water partition coefficient (Wildman–Crippen LogP) is 2.33. The van der Waals surface area contributed by atoms with Crippen LogP contribution in [0, 0.1) is 0 Å². The predicted molar refractivity (Wildman–Crippen MR) is 122 cm³/mol. The van der Waals surface area contributed by atoms with Crippen LogP contribution in [0.5, 0.6) is 0 Å². The van der Waals surface area contributed by atoms with Gasteiger partial charge in [-0.15, -0.1) is 24.0 Å². The van der Waals surface area contributed by atoms with Crippen molar-refractivity contribution in [3.63, 3.8) is 0 Å². The highest BCUT2D eigenvalue weighted by Gasteiger charge is 2.19. The Hall–Kier alpha value is -0.510. The van der Waals surface area contributed by atoms with Crippen molar-refractivity contribution in [2.45, 2.75) is 26.4 Å². The van der Waals surface area contributed by atoms with Gasteiger partial charge in [0.15, 0.2) is 5.96 Å². The van der Waals surface area contributed by atoms with Gasteiger partial charge in [-0.1, -0.05) is 11.6 Å². The maximum atomic E-state index is 6.09. The molecule has 1 fully saturated rings. The molecule has 0 saturated carbocycles. The van der Waals surface area contributed by atoms with Gasteiger partial charge in [0.2, 0.25) is 0 Å². The first-order valence-electron chi connectivity index (χ1n) is 9.13. The molecule has 0 bridgehead atoms. The molecule has 1 aromatic heterocycles. The smallest absolute Gasteiger partial charge is 0.194 e. The van der Waals surface area contributed by atoms with Gasteiger partial charge in [0.25, 0.3) is 0 Å². The van der Waals surface area contributed by atoms with Crippen LogP contribution in [0.2, 0.25) is 5.02 Å². The lowest BCUT2D eigenvalue weighted by Crippen LogP contribution is -2.49. The third kappa shape index (κ3) is 6.90. The second kappa shape index (κ2) is 11.4. The number of halogens is 2. The standard InChI is InChI=1S/C18H33ClN6.HI/c1-6-20-18(24(5)14-17-11-16(19)13-23(17)4)21-12-15(2)25-9-7-22(3)8-10-25;/h11,13,15H,6-10,12,14H2,1-5H3,(H,20,21);1H. The van der Waals surface area contributed by atoms with Crippen LogP contribution in [-0.2, 0) is 13.6 Å². The second-order valence-electron chi connectivity index (χ2n) is 7.00. The lowest BCUT2D eigenvalue weighted by Gasteiger charge is -2.36. The quantitative estimate of drug-likeness (QED) is 0.373. The average molecular weight is 497 g/mol. The van der Waals surface area contributed by atoms with Crippen molar-refractivity contribution in [2.24, 2.45) is 12.0 Å². The van der Waals surface area contributed by atoms with E-state index in [1.165, 1.54) is 5.69 Å². The minimum absolute atomic E-state index is 0. The van der Waals surface area contributed by atoms with E-state index in [2.05, 4.69) is 52.5 Å². The fourth-order valence-corrected chi connectivity index (χ4v) is 3.38. The number of aromatic nitrogens is 1. The largest absolute Gasteiger partial charge is 0.357 e. The molecule has 2 rings (SSSR count). The van der Waals surface area contributed by atoms with Crippen molar-refractivity contribution < 1.29 is 0 Å². The molecule has 0 radical (unpaired) electrons. The number of aryl methyl sites for hydroxylation is 1. The molecule has 1 unspecified atom stereocenters. The summed E-state index contributed by atoms with van der Waals surface area (Å²) in [5, 5.41) is 4.18. The Labute approximate surface area is 180 Å². The molecule has 1 aromatic rings. The fourth-order valence-electron chi connectivity index (χ4n) is 3.11. The second-order valence-corrected chi connectivity index (χ2v) is 7.44. The van der Waals surface area contributed by atoms with Crippen LogP contribution >= 0.6 is 35.6 Å². The summed E-state index contributed by atoms with van der Waals surface area (Å²) < 4.78 is 2.06. The molecule has 1 N–H and O–H groups in total. The van der Waals surface area contributed by atoms with Gasteiger partial charge in [0.1, 0.15) is 0 Å². The first kappa shape index (κ1) is 23.5. The van der Waals surface area contributed by atoms with E-state index < -0.39 is 0 Å². The summed E-state index contributed by atoms with van der Waals surface area (Å²) in [6.45, 7) is 11.4. The Balaban J connectivity index is 0.00000338. The van der Waals surface area contributed by atoms with Crippen LogP contribution in [-0.4, -0.2) is 84.6 Å². The number of likely N-dealkylation sites (N-methyl/N-ethyl adjacent to an activating group) is 1.